The molecule has 0 radical (unpaired) electrons. The van der Waals surface area contributed by atoms with Crippen LogP contribution in [0.5, 0.6) is 0 Å². The lowest BCUT2D eigenvalue weighted by molar-refractivity contribution is -0.124. The van der Waals surface area contributed by atoms with Gasteiger partial charge in [0, 0.05) is 26.0 Å². The lowest BCUT2D eigenvalue weighted by Crippen LogP contribution is -2.24. The Bertz CT molecular complexity index is 180. The molecule has 0 heterocycles. The van der Waals surface area contributed by atoms with E-state index in [1.807, 2.05) is 0 Å². The van der Waals surface area contributed by atoms with Crippen LogP contribution in [0, 0.1) is 0 Å². The summed E-state index contributed by atoms with van der Waals surface area (Å²) in [5.41, 5.74) is 0. The van der Waals surface area contributed by atoms with Crippen LogP contribution in [0.25, 0.3) is 0 Å². The van der Waals surface area contributed by atoms with Gasteiger partial charge in [-0.1, -0.05) is 0 Å². The van der Waals surface area contributed by atoms with Crippen LogP contribution in [0.2, 0.25) is 0 Å². The van der Waals surface area contributed by atoms with Gasteiger partial charge in [0.1, 0.15) is 5.78 Å². The molecular formula is C10H19NO3. The Balaban J connectivity index is 3.22. The van der Waals surface area contributed by atoms with E-state index in [4.69, 9.17) is 5.11 Å². The molecule has 0 aromatic carbocycles. The van der Waals surface area contributed by atoms with Crippen molar-refractivity contribution >= 4 is 11.7 Å². The summed E-state index contributed by atoms with van der Waals surface area (Å²) < 4.78 is 0. The first-order valence-corrected chi connectivity index (χ1v) is 5.04. The average molecular weight is 201 g/mol. The van der Waals surface area contributed by atoms with Gasteiger partial charge < -0.3 is 15.2 Å². The van der Waals surface area contributed by atoms with Crippen molar-refractivity contribution in [3.63, 3.8) is 0 Å². The highest BCUT2D eigenvalue weighted by molar-refractivity contribution is 5.83. The molecule has 4 heteroatoms. The molecule has 14 heavy (non-hydrogen) atoms. The third-order valence-electron chi connectivity index (χ3n) is 1.86. The van der Waals surface area contributed by atoms with Crippen LogP contribution in [0.4, 0.5) is 0 Å². The third-order valence-corrected chi connectivity index (χ3v) is 1.86. The minimum Gasteiger partial charge on any atom is -0.396 e. The summed E-state index contributed by atoms with van der Waals surface area (Å²) in [6.07, 6.45) is 3.19. The first kappa shape index (κ1) is 13.1. The predicted molar refractivity (Wildman–Crippen MR) is 53.9 cm³/mol. The highest BCUT2D eigenvalue weighted by atomic mass is 16.2. The van der Waals surface area contributed by atoms with Crippen LogP contribution in [0.3, 0.4) is 0 Å². The van der Waals surface area contributed by atoms with E-state index in [0.29, 0.717) is 13.0 Å². The number of ketones is 1. The molecule has 1 amide bonds. The van der Waals surface area contributed by atoms with Gasteiger partial charge in [-0.15, -0.1) is 0 Å². The number of rotatable bonds is 8. The summed E-state index contributed by atoms with van der Waals surface area (Å²) in [7, 11) is 0. The maximum Gasteiger partial charge on any atom is 0.220 e. The zero-order valence-electron chi connectivity index (χ0n) is 8.71. The third kappa shape index (κ3) is 9.19. The maximum atomic E-state index is 11.1. The van der Waals surface area contributed by atoms with E-state index >= 15 is 0 Å². The summed E-state index contributed by atoms with van der Waals surface area (Å²) >= 11 is 0. The van der Waals surface area contributed by atoms with E-state index in [9.17, 15) is 9.59 Å². The highest BCUT2D eigenvalue weighted by Gasteiger charge is 2.01. The zero-order chi connectivity index (χ0) is 10.8. The quantitative estimate of drug-likeness (QED) is 0.566. The first-order chi connectivity index (χ1) is 6.66. The van der Waals surface area contributed by atoms with E-state index in [-0.39, 0.29) is 24.7 Å². The van der Waals surface area contributed by atoms with E-state index in [1.165, 1.54) is 6.92 Å². The van der Waals surface area contributed by atoms with Crippen molar-refractivity contribution in [1.29, 1.82) is 0 Å². The molecule has 0 aliphatic heterocycles. The largest absolute Gasteiger partial charge is 0.396 e. The van der Waals surface area contributed by atoms with Crippen molar-refractivity contribution in [2.24, 2.45) is 0 Å². The number of amides is 1. The van der Waals surface area contributed by atoms with Crippen LogP contribution >= 0.6 is 0 Å². The zero-order valence-corrected chi connectivity index (χ0v) is 8.71. The Morgan fingerprint density at radius 1 is 1.14 bits per heavy atom. The van der Waals surface area contributed by atoms with Crippen molar-refractivity contribution in [1.82, 2.24) is 5.32 Å². The predicted octanol–water partition coefficient (Wildman–Crippen LogP) is 0.634. The Hall–Kier alpha value is -0.900. The van der Waals surface area contributed by atoms with Crippen LogP contribution in [-0.4, -0.2) is 29.9 Å². The molecule has 2 N–H and O–H groups in total. The number of nitrogens with one attached hydrogen (secondary N) is 1. The Morgan fingerprint density at radius 2 is 1.86 bits per heavy atom. The normalized spacial score (nSPS) is 9.86. The van der Waals surface area contributed by atoms with Crippen molar-refractivity contribution in [2.75, 3.05) is 13.2 Å². The summed E-state index contributed by atoms with van der Waals surface area (Å²) in [6.45, 7) is 2.32. The van der Waals surface area contributed by atoms with Crippen LogP contribution in [-0.2, 0) is 9.59 Å². The lowest BCUT2D eigenvalue weighted by atomic mass is 10.2. The number of Topliss-reactive ketones (excluding diaryl/α,β-unsaturated/α-hetero) is 1. The van der Waals surface area contributed by atoms with Crippen molar-refractivity contribution in [3.8, 4) is 0 Å². The molecule has 0 saturated carbocycles. The summed E-state index contributed by atoms with van der Waals surface area (Å²) in [5, 5.41) is 11.2. The molecule has 0 aliphatic carbocycles. The minimum atomic E-state index is -0.0656. The molecule has 0 spiro atoms. The number of carbonyl (C=O) groups is 2. The minimum absolute atomic E-state index is 0.0421. The molecular weight excluding hydrogens is 182 g/mol. The number of hydrogen-bond donors (Lipinski definition) is 2. The van der Waals surface area contributed by atoms with Gasteiger partial charge in [0.2, 0.25) is 5.91 Å². The number of unbranched alkanes of at least 4 members (excludes halogenated alkanes) is 2. The fraction of sp³-hybridized carbons (Fsp3) is 0.800. The number of carbonyl (C=O) groups excluding carboxylic acids is 2. The van der Waals surface area contributed by atoms with Gasteiger partial charge in [-0.2, -0.15) is 0 Å². The summed E-state index contributed by atoms with van der Waals surface area (Å²) in [6, 6.07) is 0. The summed E-state index contributed by atoms with van der Waals surface area (Å²) in [5.74, 6) is -0.0235. The van der Waals surface area contributed by atoms with Crippen LogP contribution < -0.4 is 5.32 Å². The fourth-order valence-electron chi connectivity index (χ4n) is 1.02. The van der Waals surface area contributed by atoms with Gasteiger partial charge >= 0.3 is 0 Å². The van der Waals surface area contributed by atoms with Crippen molar-refractivity contribution in [3.05, 3.63) is 0 Å². The Morgan fingerprint density at radius 3 is 2.43 bits per heavy atom. The first-order valence-electron chi connectivity index (χ1n) is 5.04. The van der Waals surface area contributed by atoms with Crippen molar-refractivity contribution < 1.29 is 14.7 Å². The van der Waals surface area contributed by atoms with E-state index in [1.54, 1.807) is 0 Å². The average Bonchev–Trinajstić information content (AvgIpc) is 2.14. The van der Waals surface area contributed by atoms with E-state index in [2.05, 4.69) is 5.32 Å². The van der Waals surface area contributed by atoms with Gasteiger partial charge in [0.25, 0.3) is 0 Å². The monoisotopic (exact) mass is 201 g/mol. The van der Waals surface area contributed by atoms with Gasteiger partial charge in [-0.25, -0.2) is 0 Å². The molecule has 0 saturated heterocycles. The standard InChI is InChI=1S/C10H19NO3/c1-9(13)5-6-10(14)11-7-3-2-4-8-12/h12H,2-8H2,1H3,(H,11,14). The molecule has 0 fully saturated rings. The molecule has 0 aromatic heterocycles. The van der Waals surface area contributed by atoms with Gasteiger partial charge in [0.15, 0.2) is 0 Å². The number of aliphatic hydroxyl groups is 1. The second kappa shape index (κ2) is 8.69. The molecule has 0 aliphatic rings. The molecule has 0 atom stereocenters. The molecule has 0 bridgehead atoms. The molecule has 0 aromatic rings. The van der Waals surface area contributed by atoms with Crippen molar-refractivity contribution in [2.45, 2.75) is 39.0 Å². The number of aliphatic hydroxyl groups excluding tert-OH is 1. The Kier molecular flexibility index (Phi) is 8.13. The lowest BCUT2D eigenvalue weighted by Gasteiger charge is -2.03. The fourth-order valence-corrected chi connectivity index (χ4v) is 1.02. The Labute approximate surface area is 84.7 Å². The van der Waals surface area contributed by atoms with Gasteiger partial charge in [-0.05, 0) is 26.2 Å². The highest BCUT2D eigenvalue weighted by Crippen LogP contribution is 1.93. The van der Waals surface area contributed by atoms with Gasteiger partial charge in [-0.3, -0.25) is 4.79 Å². The SMILES string of the molecule is CC(=O)CCC(=O)NCCCCCO. The van der Waals surface area contributed by atoms with Gasteiger partial charge in [0.05, 0.1) is 0 Å². The molecule has 4 nitrogen and oxygen atoms in total. The molecule has 0 rings (SSSR count). The van der Waals surface area contributed by atoms with Crippen LogP contribution in [0.15, 0.2) is 0 Å². The van der Waals surface area contributed by atoms with E-state index in [0.717, 1.165) is 19.3 Å². The van der Waals surface area contributed by atoms with E-state index < -0.39 is 0 Å². The van der Waals surface area contributed by atoms with Crippen LogP contribution in [0.1, 0.15) is 39.0 Å². The number of hydrogen-bond acceptors (Lipinski definition) is 3. The molecule has 0 unspecified atom stereocenters. The summed E-state index contributed by atoms with van der Waals surface area (Å²) in [4.78, 5) is 21.6. The second-order valence-electron chi connectivity index (χ2n) is 3.34. The topological polar surface area (TPSA) is 66.4 Å². The smallest absolute Gasteiger partial charge is 0.220 e. The second-order valence-corrected chi connectivity index (χ2v) is 3.34. The molecule has 82 valence electrons. The maximum absolute atomic E-state index is 11.1.